The molecule has 0 saturated heterocycles. The summed E-state index contributed by atoms with van der Waals surface area (Å²) in [6.07, 6.45) is 2.73. The molecule has 2 nitrogen and oxygen atoms in total. The molecule has 1 unspecified atom stereocenters. The van der Waals surface area contributed by atoms with E-state index in [0.717, 1.165) is 11.9 Å². The molecule has 2 N–H and O–H groups in total. The molecule has 1 heterocycles. The molecule has 14 heavy (non-hydrogen) atoms. The molecule has 2 heteroatoms. The van der Waals surface area contributed by atoms with Crippen molar-refractivity contribution in [1.29, 1.82) is 0 Å². The Morgan fingerprint density at radius 1 is 1.36 bits per heavy atom. The van der Waals surface area contributed by atoms with Crippen molar-refractivity contribution in [2.75, 3.05) is 0 Å². The summed E-state index contributed by atoms with van der Waals surface area (Å²) < 4.78 is 0. The van der Waals surface area contributed by atoms with Gasteiger partial charge in [0.05, 0.1) is 5.52 Å². The van der Waals surface area contributed by atoms with Crippen LogP contribution in [-0.4, -0.2) is 11.0 Å². The maximum atomic E-state index is 5.75. The fraction of sp³-hybridized carbons (Fsp3) is 0.250. The van der Waals surface area contributed by atoms with Gasteiger partial charge < -0.3 is 5.73 Å². The number of rotatable bonds is 2. The molecule has 0 saturated carbocycles. The average molecular weight is 186 g/mol. The van der Waals surface area contributed by atoms with Gasteiger partial charge in [0.1, 0.15) is 0 Å². The van der Waals surface area contributed by atoms with Crippen LogP contribution in [-0.2, 0) is 6.42 Å². The van der Waals surface area contributed by atoms with Gasteiger partial charge in [-0.2, -0.15) is 0 Å². The van der Waals surface area contributed by atoms with Crippen LogP contribution in [0, 0.1) is 0 Å². The summed E-state index contributed by atoms with van der Waals surface area (Å²) in [6.45, 7) is 2.02. The molecule has 0 fully saturated rings. The van der Waals surface area contributed by atoms with Crippen molar-refractivity contribution < 1.29 is 0 Å². The summed E-state index contributed by atoms with van der Waals surface area (Å²) in [5.74, 6) is 0. The summed E-state index contributed by atoms with van der Waals surface area (Å²) in [5.41, 5.74) is 8.05. The SMILES string of the molecule is CC(N)Cc1ccc2cccnc2c1. The van der Waals surface area contributed by atoms with Gasteiger partial charge >= 0.3 is 0 Å². The Bertz CT molecular complexity index is 435. The quantitative estimate of drug-likeness (QED) is 0.780. The van der Waals surface area contributed by atoms with Crippen LogP contribution in [0.25, 0.3) is 10.9 Å². The topological polar surface area (TPSA) is 38.9 Å². The van der Waals surface area contributed by atoms with E-state index < -0.39 is 0 Å². The number of fused-ring (bicyclic) bond motifs is 1. The van der Waals surface area contributed by atoms with Gasteiger partial charge in [0.25, 0.3) is 0 Å². The zero-order chi connectivity index (χ0) is 9.97. The van der Waals surface area contributed by atoms with E-state index in [1.807, 2.05) is 19.2 Å². The second-order valence-electron chi connectivity index (χ2n) is 3.71. The molecule has 0 radical (unpaired) electrons. The van der Waals surface area contributed by atoms with Crippen LogP contribution in [0.3, 0.4) is 0 Å². The monoisotopic (exact) mass is 186 g/mol. The van der Waals surface area contributed by atoms with Gasteiger partial charge in [-0.15, -0.1) is 0 Å². The third kappa shape index (κ3) is 1.91. The molecule has 1 atom stereocenters. The third-order valence-electron chi connectivity index (χ3n) is 2.23. The highest BCUT2D eigenvalue weighted by Crippen LogP contribution is 2.13. The van der Waals surface area contributed by atoms with Crippen LogP contribution in [0.15, 0.2) is 36.5 Å². The first kappa shape index (κ1) is 9.16. The largest absolute Gasteiger partial charge is 0.328 e. The van der Waals surface area contributed by atoms with Crippen LogP contribution in [0.5, 0.6) is 0 Å². The normalized spacial score (nSPS) is 13.0. The number of nitrogens with zero attached hydrogens (tertiary/aromatic N) is 1. The summed E-state index contributed by atoms with van der Waals surface area (Å²) in [5, 5.41) is 1.18. The van der Waals surface area contributed by atoms with Crippen molar-refractivity contribution in [3.8, 4) is 0 Å². The second-order valence-corrected chi connectivity index (χ2v) is 3.71. The summed E-state index contributed by atoms with van der Waals surface area (Å²) >= 11 is 0. The van der Waals surface area contributed by atoms with Crippen molar-refractivity contribution in [1.82, 2.24) is 4.98 Å². The smallest absolute Gasteiger partial charge is 0.0704 e. The number of aromatic nitrogens is 1. The number of hydrogen-bond donors (Lipinski definition) is 1. The van der Waals surface area contributed by atoms with Crippen molar-refractivity contribution in [3.05, 3.63) is 42.1 Å². The number of nitrogens with two attached hydrogens (primary N) is 1. The van der Waals surface area contributed by atoms with E-state index in [0.29, 0.717) is 0 Å². The highest BCUT2D eigenvalue weighted by molar-refractivity contribution is 5.78. The molecular weight excluding hydrogens is 172 g/mol. The highest BCUT2D eigenvalue weighted by atomic mass is 14.6. The summed E-state index contributed by atoms with van der Waals surface area (Å²) in [7, 11) is 0. The zero-order valence-corrected chi connectivity index (χ0v) is 8.27. The highest BCUT2D eigenvalue weighted by Gasteiger charge is 1.99. The molecule has 0 spiro atoms. The van der Waals surface area contributed by atoms with E-state index in [2.05, 4.69) is 29.2 Å². The van der Waals surface area contributed by atoms with E-state index in [1.54, 1.807) is 0 Å². The van der Waals surface area contributed by atoms with Crippen molar-refractivity contribution in [2.45, 2.75) is 19.4 Å². The lowest BCUT2D eigenvalue weighted by molar-refractivity contribution is 0.738. The first-order chi connectivity index (χ1) is 6.75. The van der Waals surface area contributed by atoms with Crippen molar-refractivity contribution in [2.24, 2.45) is 5.73 Å². The maximum Gasteiger partial charge on any atom is 0.0704 e. The molecular formula is C12H14N2. The standard InChI is InChI=1S/C12H14N2/c1-9(13)7-10-4-5-11-3-2-6-14-12(11)8-10/h2-6,8-9H,7,13H2,1H3. The zero-order valence-electron chi connectivity index (χ0n) is 8.27. The van der Waals surface area contributed by atoms with Gasteiger partial charge in [0, 0.05) is 17.6 Å². The summed E-state index contributed by atoms with van der Waals surface area (Å²) in [4.78, 5) is 4.31. The maximum absolute atomic E-state index is 5.75. The van der Waals surface area contributed by atoms with E-state index in [9.17, 15) is 0 Å². The lowest BCUT2D eigenvalue weighted by Crippen LogP contribution is -2.17. The number of pyridine rings is 1. The number of benzene rings is 1. The third-order valence-corrected chi connectivity index (χ3v) is 2.23. The van der Waals surface area contributed by atoms with Gasteiger partial charge in [-0.05, 0) is 31.0 Å². The van der Waals surface area contributed by atoms with E-state index in [1.165, 1.54) is 10.9 Å². The van der Waals surface area contributed by atoms with Crippen LogP contribution in [0.1, 0.15) is 12.5 Å². The lowest BCUT2D eigenvalue weighted by Gasteiger charge is -2.05. The average Bonchev–Trinajstić information content (AvgIpc) is 2.17. The Morgan fingerprint density at radius 3 is 3.00 bits per heavy atom. The lowest BCUT2D eigenvalue weighted by atomic mass is 10.1. The predicted octanol–water partition coefficient (Wildman–Crippen LogP) is 2.12. The molecule has 2 aromatic rings. The van der Waals surface area contributed by atoms with Gasteiger partial charge in [-0.3, -0.25) is 4.98 Å². The minimum atomic E-state index is 0.205. The van der Waals surface area contributed by atoms with E-state index in [4.69, 9.17) is 5.73 Å². The Hall–Kier alpha value is -1.41. The van der Waals surface area contributed by atoms with Crippen LogP contribution in [0.4, 0.5) is 0 Å². The first-order valence-electron chi connectivity index (χ1n) is 4.85. The van der Waals surface area contributed by atoms with Gasteiger partial charge in [0.2, 0.25) is 0 Å². The fourth-order valence-electron chi connectivity index (χ4n) is 1.61. The molecule has 0 bridgehead atoms. The Labute approximate surface area is 83.8 Å². The minimum absolute atomic E-state index is 0.205. The summed E-state index contributed by atoms with van der Waals surface area (Å²) in [6, 6.07) is 10.5. The molecule has 0 aliphatic carbocycles. The van der Waals surface area contributed by atoms with E-state index in [-0.39, 0.29) is 6.04 Å². The molecule has 1 aromatic carbocycles. The molecule has 72 valence electrons. The van der Waals surface area contributed by atoms with Gasteiger partial charge in [-0.25, -0.2) is 0 Å². The first-order valence-corrected chi connectivity index (χ1v) is 4.85. The predicted molar refractivity (Wildman–Crippen MR) is 59.1 cm³/mol. The number of hydrogen-bond acceptors (Lipinski definition) is 2. The Morgan fingerprint density at radius 2 is 2.21 bits per heavy atom. The fourth-order valence-corrected chi connectivity index (χ4v) is 1.61. The van der Waals surface area contributed by atoms with Gasteiger partial charge in [0.15, 0.2) is 0 Å². The van der Waals surface area contributed by atoms with Crippen LogP contribution in [0.2, 0.25) is 0 Å². The van der Waals surface area contributed by atoms with Crippen LogP contribution < -0.4 is 5.73 Å². The molecule has 0 aliphatic rings. The molecule has 1 aromatic heterocycles. The van der Waals surface area contributed by atoms with Crippen molar-refractivity contribution in [3.63, 3.8) is 0 Å². The molecule has 2 rings (SSSR count). The van der Waals surface area contributed by atoms with Crippen LogP contribution >= 0.6 is 0 Å². The van der Waals surface area contributed by atoms with E-state index >= 15 is 0 Å². The second kappa shape index (κ2) is 3.76. The molecule has 0 amide bonds. The molecule has 0 aliphatic heterocycles. The minimum Gasteiger partial charge on any atom is -0.328 e. The van der Waals surface area contributed by atoms with Crippen molar-refractivity contribution >= 4 is 10.9 Å². The van der Waals surface area contributed by atoms with Gasteiger partial charge in [-0.1, -0.05) is 18.2 Å². The Kier molecular flexibility index (Phi) is 2.46. The Balaban J connectivity index is 2.41.